The number of halogens is 2. The molecule has 1 aromatic heterocycles. The van der Waals surface area contributed by atoms with Crippen LogP contribution in [0.15, 0.2) is 41.5 Å². The van der Waals surface area contributed by atoms with Crippen molar-refractivity contribution in [3.05, 3.63) is 70.3 Å². The maximum absolute atomic E-state index is 14.8. The number of rotatable bonds is 3. The monoisotopic (exact) mass is 382 g/mol. The third kappa shape index (κ3) is 2.80. The van der Waals surface area contributed by atoms with Gasteiger partial charge >= 0.3 is 5.92 Å². The number of aliphatic imine (C=N–C) groups is 1. The summed E-state index contributed by atoms with van der Waals surface area (Å²) in [6.45, 7) is 6.11. The number of carbonyl (C=O) groups is 1. The lowest BCUT2D eigenvalue weighted by Crippen LogP contribution is -2.51. The zero-order valence-electron chi connectivity index (χ0n) is 14.8. The van der Waals surface area contributed by atoms with Crippen molar-refractivity contribution < 1.29 is 18.3 Å². The topological polar surface area (TPSA) is 81.9 Å². The number of ether oxygens (including phenoxy) is 1. The van der Waals surface area contributed by atoms with Gasteiger partial charge in [0.05, 0.1) is 6.57 Å². The zero-order chi connectivity index (χ0) is 19.9. The van der Waals surface area contributed by atoms with E-state index >= 15 is 0 Å². The minimum absolute atomic E-state index is 0.00892. The predicted octanol–water partition coefficient (Wildman–Crippen LogP) is 3.18. The van der Waals surface area contributed by atoms with Crippen LogP contribution < -0.4 is 5.73 Å². The number of nitrogens with two attached hydrogens (primary N) is 1. The summed E-state index contributed by atoms with van der Waals surface area (Å²) in [6.07, 6.45) is 1.93. The highest BCUT2D eigenvalue weighted by molar-refractivity contribution is 5.96. The normalized spacial score (nSPS) is 22.1. The molecule has 28 heavy (non-hydrogen) atoms. The number of aromatic nitrogens is 1. The van der Waals surface area contributed by atoms with Crippen LogP contribution >= 0.6 is 0 Å². The third-order valence-electron chi connectivity index (χ3n) is 5.21. The van der Waals surface area contributed by atoms with Crippen molar-refractivity contribution in [2.75, 3.05) is 6.61 Å². The number of nitrogens with zero attached hydrogens (tertiary/aromatic N) is 3. The molecule has 2 aromatic rings. The van der Waals surface area contributed by atoms with E-state index in [-0.39, 0.29) is 30.3 Å². The number of amidine groups is 1. The van der Waals surface area contributed by atoms with Crippen molar-refractivity contribution in [1.29, 1.82) is 0 Å². The molecule has 1 aliphatic carbocycles. The second-order valence-corrected chi connectivity index (χ2v) is 6.91. The van der Waals surface area contributed by atoms with E-state index in [0.717, 1.165) is 5.56 Å². The Hall–Kier alpha value is -3.34. The first kappa shape index (κ1) is 18.0. The Morgan fingerprint density at radius 1 is 1.32 bits per heavy atom. The lowest BCUT2D eigenvalue weighted by Gasteiger charge is -2.37. The van der Waals surface area contributed by atoms with Crippen LogP contribution in [0.2, 0.25) is 0 Å². The van der Waals surface area contributed by atoms with Crippen LogP contribution in [-0.4, -0.2) is 29.3 Å². The molecule has 1 aromatic carbocycles. The Kier molecular flexibility index (Phi) is 4.11. The van der Waals surface area contributed by atoms with Gasteiger partial charge in [0.2, 0.25) is 5.69 Å². The van der Waals surface area contributed by atoms with Crippen LogP contribution in [0.5, 0.6) is 0 Å². The summed E-state index contributed by atoms with van der Waals surface area (Å²) in [7, 11) is 0. The molecule has 0 unspecified atom stereocenters. The van der Waals surface area contributed by atoms with Crippen LogP contribution in [-0.2, 0) is 23.1 Å². The fraction of sp³-hybridized carbons (Fsp3) is 0.300. The zero-order valence-corrected chi connectivity index (χ0v) is 14.8. The van der Waals surface area contributed by atoms with Crippen LogP contribution in [0.25, 0.3) is 4.85 Å². The molecule has 0 radical (unpaired) electrons. The van der Waals surface area contributed by atoms with Crippen LogP contribution in [0.1, 0.15) is 33.6 Å². The second kappa shape index (κ2) is 6.37. The number of benzene rings is 1. The minimum Gasteiger partial charge on any atom is -0.459 e. The Morgan fingerprint density at radius 2 is 2.14 bits per heavy atom. The lowest BCUT2D eigenvalue weighted by molar-refractivity contribution is -0.121. The second-order valence-electron chi connectivity index (χ2n) is 6.91. The van der Waals surface area contributed by atoms with E-state index < -0.39 is 18.1 Å². The molecule has 2 aliphatic rings. The van der Waals surface area contributed by atoms with Gasteiger partial charge in [-0.3, -0.25) is 9.78 Å². The molecular weight excluding hydrogens is 366 g/mol. The van der Waals surface area contributed by atoms with E-state index in [0.29, 0.717) is 23.2 Å². The first-order valence-electron chi connectivity index (χ1n) is 8.69. The van der Waals surface area contributed by atoms with Gasteiger partial charge in [0.25, 0.3) is 6.02 Å². The number of pyridine rings is 1. The largest absolute Gasteiger partial charge is 0.459 e. The van der Waals surface area contributed by atoms with Gasteiger partial charge in [-0.25, -0.2) is 9.84 Å². The van der Waals surface area contributed by atoms with Gasteiger partial charge in [-0.1, -0.05) is 24.3 Å². The molecule has 0 saturated heterocycles. The summed E-state index contributed by atoms with van der Waals surface area (Å²) >= 11 is 0. The summed E-state index contributed by atoms with van der Waals surface area (Å²) in [4.78, 5) is 23.7. The van der Waals surface area contributed by atoms with E-state index in [1.165, 1.54) is 18.3 Å². The van der Waals surface area contributed by atoms with E-state index in [1.54, 1.807) is 18.2 Å². The molecule has 0 fully saturated rings. The van der Waals surface area contributed by atoms with Crippen molar-refractivity contribution in [3.63, 3.8) is 0 Å². The van der Waals surface area contributed by atoms with Crippen molar-refractivity contribution in [2.45, 2.75) is 30.7 Å². The standard InChI is InChI=1S/C20H16F2N4O2/c1-24-14-4-5-16(25-10-14)17(27)9-12-2-3-13-6-7-19(15(13)8-12)20(21,22)11-28-18(23)26-19/h2-5,8,10H,6-7,9,11H2,(H2,23,26)/t19-/m1/s1. The summed E-state index contributed by atoms with van der Waals surface area (Å²) < 4.78 is 34.3. The molecule has 1 aliphatic heterocycles. The molecule has 2 heterocycles. The molecule has 6 nitrogen and oxygen atoms in total. The summed E-state index contributed by atoms with van der Waals surface area (Å²) in [5.74, 6) is -3.45. The molecule has 142 valence electrons. The van der Waals surface area contributed by atoms with Gasteiger partial charge in [-0.05, 0) is 35.6 Å². The van der Waals surface area contributed by atoms with Crippen molar-refractivity contribution in [1.82, 2.24) is 4.98 Å². The number of aryl methyl sites for hydroxylation is 1. The number of ketones is 1. The van der Waals surface area contributed by atoms with E-state index in [2.05, 4.69) is 14.8 Å². The molecule has 4 rings (SSSR count). The Morgan fingerprint density at radius 3 is 2.86 bits per heavy atom. The van der Waals surface area contributed by atoms with Gasteiger partial charge in [0, 0.05) is 12.6 Å². The Balaban J connectivity index is 1.66. The van der Waals surface area contributed by atoms with Crippen LogP contribution in [0.3, 0.4) is 0 Å². The fourth-order valence-corrected chi connectivity index (χ4v) is 3.76. The smallest absolute Gasteiger partial charge is 0.310 e. The number of fused-ring (bicyclic) bond motifs is 2. The summed E-state index contributed by atoms with van der Waals surface area (Å²) in [5, 5.41) is 0. The van der Waals surface area contributed by atoms with E-state index in [4.69, 9.17) is 17.0 Å². The highest BCUT2D eigenvalue weighted by Crippen LogP contribution is 2.52. The summed E-state index contributed by atoms with van der Waals surface area (Å²) in [5.41, 5.74) is 6.17. The Bertz CT molecular complexity index is 1030. The molecular formula is C20H16F2N4O2. The first-order chi connectivity index (χ1) is 13.3. The van der Waals surface area contributed by atoms with Gasteiger partial charge in [-0.2, -0.15) is 8.78 Å². The number of hydrogen-bond donors (Lipinski definition) is 1. The average Bonchev–Trinajstić information content (AvgIpc) is 3.05. The van der Waals surface area contributed by atoms with Gasteiger partial charge in [0.1, 0.15) is 5.69 Å². The highest BCUT2D eigenvalue weighted by Gasteiger charge is 2.60. The van der Waals surface area contributed by atoms with Crippen molar-refractivity contribution in [3.8, 4) is 0 Å². The molecule has 2 N–H and O–H groups in total. The maximum Gasteiger partial charge on any atom is 0.310 e. The average molecular weight is 382 g/mol. The van der Waals surface area contributed by atoms with Crippen LogP contribution in [0, 0.1) is 6.57 Å². The third-order valence-corrected chi connectivity index (χ3v) is 5.21. The fourth-order valence-electron chi connectivity index (χ4n) is 3.76. The summed E-state index contributed by atoms with van der Waals surface area (Å²) in [6, 6.07) is 7.90. The van der Waals surface area contributed by atoms with E-state index in [1.807, 2.05) is 0 Å². The lowest BCUT2D eigenvalue weighted by atomic mass is 9.84. The van der Waals surface area contributed by atoms with Gasteiger partial charge in [0.15, 0.2) is 17.9 Å². The van der Waals surface area contributed by atoms with Gasteiger partial charge < -0.3 is 10.5 Å². The number of alkyl halides is 2. The molecule has 0 saturated carbocycles. The molecule has 1 spiro atoms. The molecule has 1 atom stereocenters. The SMILES string of the molecule is [C-]#[N+]c1ccc(C(=O)Cc2ccc3c(c2)[C@@]2(CC3)N=C(N)OCC2(F)F)nc1. The minimum atomic E-state index is -3.19. The molecule has 8 heteroatoms. The number of hydrogen-bond acceptors (Lipinski definition) is 5. The first-order valence-corrected chi connectivity index (χ1v) is 8.69. The number of carbonyl (C=O) groups excluding carboxylic acids is 1. The van der Waals surface area contributed by atoms with E-state index in [9.17, 15) is 13.6 Å². The Labute approximate surface area is 159 Å². The quantitative estimate of drug-likeness (QED) is 0.653. The predicted molar refractivity (Wildman–Crippen MR) is 97.5 cm³/mol. The van der Waals surface area contributed by atoms with Crippen molar-refractivity contribution >= 4 is 17.5 Å². The molecule has 0 bridgehead atoms. The van der Waals surface area contributed by atoms with Crippen molar-refractivity contribution in [2.24, 2.45) is 10.7 Å². The van der Waals surface area contributed by atoms with Gasteiger partial charge in [-0.15, -0.1) is 0 Å². The highest BCUT2D eigenvalue weighted by atomic mass is 19.3. The molecule has 0 amide bonds. The number of Topliss-reactive ketones (excluding diaryl/α,β-unsaturated/α-hetero) is 1. The van der Waals surface area contributed by atoms with Crippen LogP contribution in [0.4, 0.5) is 14.5 Å². The maximum atomic E-state index is 14.8.